The van der Waals surface area contributed by atoms with Gasteiger partial charge in [-0.2, -0.15) is 18.3 Å². The Kier molecular flexibility index (Phi) is 6.93. The van der Waals surface area contributed by atoms with Crippen LogP contribution < -0.4 is 21.5 Å². The average molecular weight is 453 g/mol. The maximum absolute atomic E-state index is 12.9. The zero-order valence-corrected chi connectivity index (χ0v) is 16.0. The fraction of sp³-hybridized carbons (Fsp3) is 0.200. The van der Waals surface area contributed by atoms with Crippen LogP contribution in [0.5, 0.6) is 0 Å². The van der Waals surface area contributed by atoms with Crippen molar-refractivity contribution in [3.63, 3.8) is 0 Å². The number of alkyl halides is 3. The number of nitrogens with zero attached hydrogens (tertiary/aromatic N) is 2. The molecule has 1 aromatic carbocycles. The first-order chi connectivity index (χ1) is 13.5. The number of aromatic nitrogens is 2. The molecule has 0 spiro atoms. The number of rotatable bonds is 4. The number of aryl methyl sites for hydroxylation is 1. The summed E-state index contributed by atoms with van der Waals surface area (Å²) in [5.41, 5.74) is 1.99. The highest BCUT2D eigenvalue weighted by Gasteiger charge is 2.39. The van der Waals surface area contributed by atoms with Crippen molar-refractivity contribution in [2.24, 2.45) is 7.05 Å². The van der Waals surface area contributed by atoms with E-state index in [1.165, 1.54) is 25.2 Å². The van der Waals surface area contributed by atoms with Gasteiger partial charge in [0.15, 0.2) is 5.69 Å². The van der Waals surface area contributed by atoms with Gasteiger partial charge in [0, 0.05) is 13.2 Å². The molecule has 4 amide bonds. The summed E-state index contributed by atoms with van der Waals surface area (Å²) in [4.78, 5) is 35.3. The summed E-state index contributed by atoms with van der Waals surface area (Å²) < 4.78 is 39.4. The Balaban J connectivity index is 1.85. The molecule has 1 heterocycles. The minimum absolute atomic E-state index is 0.0832. The standard InChI is InChI=1S/C15H13Cl2F3N6O3/c1-26-6-7(12(25-26)15(18,19)20)13(28)21-5-10(27)23-24-14(29)22-9-4-2-3-8(16)11(9)17/h2-4,6H,5H2,1H3,(H,21,28)(H,23,27)(H2,22,24,29). The number of hydrogen-bond donors (Lipinski definition) is 4. The van der Waals surface area contributed by atoms with Crippen LogP contribution in [0.25, 0.3) is 0 Å². The van der Waals surface area contributed by atoms with E-state index in [4.69, 9.17) is 23.2 Å². The van der Waals surface area contributed by atoms with E-state index in [0.29, 0.717) is 0 Å². The molecule has 4 N–H and O–H groups in total. The van der Waals surface area contributed by atoms with Crippen LogP contribution in [-0.2, 0) is 18.0 Å². The molecule has 29 heavy (non-hydrogen) atoms. The van der Waals surface area contributed by atoms with Crippen LogP contribution in [-0.4, -0.2) is 34.2 Å². The highest BCUT2D eigenvalue weighted by atomic mass is 35.5. The maximum Gasteiger partial charge on any atom is 0.435 e. The number of hydrogen-bond acceptors (Lipinski definition) is 4. The van der Waals surface area contributed by atoms with Gasteiger partial charge in [-0.25, -0.2) is 10.2 Å². The summed E-state index contributed by atoms with van der Waals surface area (Å²) in [5.74, 6) is -2.06. The summed E-state index contributed by atoms with van der Waals surface area (Å²) in [6, 6.07) is 3.62. The molecular weight excluding hydrogens is 440 g/mol. The first-order valence-corrected chi connectivity index (χ1v) is 8.43. The van der Waals surface area contributed by atoms with E-state index in [0.717, 1.165) is 10.9 Å². The van der Waals surface area contributed by atoms with E-state index in [-0.39, 0.29) is 15.7 Å². The lowest BCUT2D eigenvalue weighted by Gasteiger charge is -2.11. The summed E-state index contributed by atoms with van der Waals surface area (Å²) in [5, 5.41) is 7.79. The number of urea groups is 1. The quantitative estimate of drug-likeness (QED) is 0.532. The van der Waals surface area contributed by atoms with Gasteiger partial charge in [0.2, 0.25) is 0 Å². The van der Waals surface area contributed by atoms with Gasteiger partial charge in [-0.3, -0.25) is 19.7 Å². The molecule has 0 atom stereocenters. The Morgan fingerprint density at radius 2 is 1.86 bits per heavy atom. The van der Waals surface area contributed by atoms with Gasteiger partial charge in [-0.1, -0.05) is 29.3 Å². The van der Waals surface area contributed by atoms with Crippen molar-refractivity contribution < 1.29 is 27.6 Å². The Bertz CT molecular complexity index is 948. The first kappa shape index (κ1) is 22.3. The predicted octanol–water partition coefficient (Wildman–Crippen LogP) is 2.33. The minimum Gasteiger partial charge on any atom is -0.343 e. The molecule has 1 aromatic heterocycles. The molecule has 9 nitrogen and oxygen atoms in total. The molecule has 0 saturated carbocycles. The molecule has 0 unspecified atom stereocenters. The minimum atomic E-state index is -4.84. The number of carbonyl (C=O) groups excluding carboxylic acids is 3. The van der Waals surface area contributed by atoms with Crippen LogP contribution in [0.2, 0.25) is 10.0 Å². The highest BCUT2D eigenvalue weighted by molar-refractivity contribution is 6.43. The van der Waals surface area contributed by atoms with Crippen molar-refractivity contribution in [1.29, 1.82) is 0 Å². The molecule has 14 heteroatoms. The van der Waals surface area contributed by atoms with Gasteiger partial charge in [-0.15, -0.1) is 0 Å². The highest BCUT2D eigenvalue weighted by Crippen LogP contribution is 2.30. The van der Waals surface area contributed by atoms with Crippen molar-refractivity contribution in [3.8, 4) is 0 Å². The van der Waals surface area contributed by atoms with Gasteiger partial charge in [0.25, 0.3) is 11.8 Å². The Labute approximate surface area is 171 Å². The van der Waals surface area contributed by atoms with Gasteiger partial charge >= 0.3 is 12.2 Å². The van der Waals surface area contributed by atoms with Crippen molar-refractivity contribution in [2.45, 2.75) is 6.18 Å². The van der Waals surface area contributed by atoms with Gasteiger partial charge in [-0.05, 0) is 12.1 Å². The maximum atomic E-state index is 12.9. The molecule has 0 radical (unpaired) electrons. The van der Waals surface area contributed by atoms with Crippen molar-refractivity contribution in [1.82, 2.24) is 25.9 Å². The lowest BCUT2D eigenvalue weighted by molar-refractivity contribution is -0.141. The van der Waals surface area contributed by atoms with Crippen molar-refractivity contribution >= 4 is 46.7 Å². The molecule has 0 bridgehead atoms. The van der Waals surface area contributed by atoms with Gasteiger partial charge in [0.1, 0.15) is 0 Å². The third-order valence-corrected chi connectivity index (χ3v) is 4.09. The fourth-order valence-electron chi connectivity index (χ4n) is 2.04. The third kappa shape index (κ3) is 5.99. The largest absolute Gasteiger partial charge is 0.435 e. The Morgan fingerprint density at radius 1 is 1.17 bits per heavy atom. The number of anilines is 1. The van der Waals surface area contributed by atoms with Gasteiger partial charge < -0.3 is 10.6 Å². The van der Waals surface area contributed by atoms with Crippen LogP contribution in [0.4, 0.5) is 23.7 Å². The van der Waals surface area contributed by atoms with Gasteiger partial charge in [0.05, 0.1) is 27.8 Å². The van der Waals surface area contributed by atoms with Crippen molar-refractivity contribution in [3.05, 3.63) is 45.7 Å². The molecule has 0 aliphatic carbocycles. The summed E-state index contributed by atoms with van der Waals surface area (Å²) in [6.45, 7) is -0.705. The van der Waals surface area contributed by atoms with Crippen LogP contribution in [0.15, 0.2) is 24.4 Å². The summed E-state index contributed by atoms with van der Waals surface area (Å²) in [7, 11) is 1.22. The molecule has 0 saturated heterocycles. The first-order valence-electron chi connectivity index (χ1n) is 7.68. The molecule has 0 aliphatic heterocycles. The van der Waals surface area contributed by atoms with Crippen LogP contribution >= 0.6 is 23.2 Å². The third-order valence-electron chi connectivity index (χ3n) is 3.27. The molecule has 0 fully saturated rings. The SMILES string of the molecule is Cn1cc(C(=O)NCC(=O)NNC(=O)Nc2cccc(Cl)c2Cl)c(C(F)(F)F)n1. The average Bonchev–Trinajstić information content (AvgIpc) is 3.04. The second kappa shape index (κ2) is 9.01. The van der Waals surface area contributed by atoms with Crippen LogP contribution in [0.3, 0.4) is 0 Å². The second-order valence-electron chi connectivity index (χ2n) is 5.47. The van der Waals surface area contributed by atoms with E-state index in [9.17, 15) is 27.6 Å². The number of halogens is 5. The van der Waals surface area contributed by atoms with Crippen LogP contribution in [0.1, 0.15) is 16.1 Å². The van der Waals surface area contributed by atoms with E-state index in [1.807, 2.05) is 16.2 Å². The summed E-state index contributed by atoms with van der Waals surface area (Å²) >= 11 is 11.7. The second-order valence-corrected chi connectivity index (χ2v) is 6.26. The molecule has 2 aromatic rings. The zero-order valence-electron chi connectivity index (χ0n) is 14.5. The topological polar surface area (TPSA) is 117 Å². The van der Waals surface area contributed by atoms with E-state index in [1.54, 1.807) is 0 Å². The van der Waals surface area contributed by atoms with Crippen LogP contribution in [0, 0.1) is 0 Å². The molecule has 156 valence electrons. The zero-order chi connectivity index (χ0) is 21.8. The smallest absolute Gasteiger partial charge is 0.343 e. The molecule has 0 aliphatic rings. The number of amides is 4. The monoisotopic (exact) mass is 452 g/mol. The lowest BCUT2D eigenvalue weighted by Crippen LogP contribution is -2.47. The molecular formula is C15H13Cl2F3N6O3. The Morgan fingerprint density at radius 3 is 2.52 bits per heavy atom. The Hall–Kier alpha value is -2.99. The fourth-order valence-corrected chi connectivity index (χ4v) is 2.39. The van der Waals surface area contributed by atoms with E-state index in [2.05, 4.69) is 10.4 Å². The predicted molar refractivity (Wildman–Crippen MR) is 97.3 cm³/mol. The van der Waals surface area contributed by atoms with E-state index < -0.39 is 41.8 Å². The lowest BCUT2D eigenvalue weighted by atomic mass is 10.2. The number of nitrogens with one attached hydrogen (secondary N) is 4. The number of benzene rings is 1. The normalized spacial score (nSPS) is 11.0. The van der Waals surface area contributed by atoms with Crippen molar-refractivity contribution in [2.75, 3.05) is 11.9 Å². The van der Waals surface area contributed by atoms with E-state index >= 15 is 0 Å². The number of hydrazine groups is 1. The molecule has 2 rings (SSSR count). The summed E-state index contributed by atoms with van der Waals surface area (Å²) in [6.07, 6.45) is -3.96. The number of carbonyl (C=O) groups is 3.